The predicted octanol–water partition coefficient (Wildman–Crippen LogP) is 4.11. The summed E-state index contributed by atoms with van der Waals surface area (Å²) < 4.78 is 11.2. The third-order valence-electron chi connectivity index (χ3n) is 3.80. The molecule has 1 N–H and O–H groups in total. The Morgan fingerprint density at radius 1 is 1.00 bits per heavy atom. The Balaban J connectivity index is 2.26. The van der Waals surface area contributed by atoms with Gasteiger partial charge in [0.2, 0.25) is 0 Å². The van der Waals surface area contributed by atoms with Crippen molar-refractivity contribution in [3.63, 3.8) is 0 Å². The molecule has 0 radical (unpaired) electrons. The maximum atomic E-state index is 12.7. The second kappa shape index (κ2) is 9.25. The Morgan fingerprint density at radius 3 is 2.35 bits per heavy atom. The molecule has 0 bridgehead atoms. The molecule has 0 saturated carbocycles. The summed E-state index contributed by atoms with van der Waals surface area (Å²) in [6, 6.07) is 11.3. The Bertz CT molecular complexity index is 757. The number of amides is 1. The van der Waals surface area contributed by atoms with E-state index >= 15 is 0 Å². The number of carbonyl (C=O) groups excluding carboxylic acids is 1. The van der Waals surface area contributed by atoms with E-state index in [9.17, 15) is 4.79 Å². The molecule has 0 unspecified atom stereocenters. The van der Waals surface area contributed by atoms with Gasteiger partial charge in [-0.25, -0.2) is 0 Å². The van der Waals surface area contributed by atoms with Gasteiger partial charge in [-0.2, -0.15) is 0 Å². The summed E-state index contributed by atoms with van der Waals surface area (Å²) in [5.41, 5.74) is 3.60. The van der Waals surface area contributed by atoms with Crippen molar-refractivity contribution < 1.29 is 14.3 Å². The Morgan fingerprint density at radius 2 is 1.69 bits per heavy atom. The average Bonchev–Trinajstić information content (AvgIpc) is 2.58. The molecule has 5 heteroatoms. The van der Waals surface area contributed by atoms with Crippen molar-refractivity contribution >= 4 is 11.6 Å². The SMILES string of the molecule is CCOc1ccc(C(=O)Nc2ccc(C)cc2CN(C)C)cc1OCC. The summed E-state index contributed by atoms with van der Waals surface area (Å²) in [4.78, 5) is 14.8. The van der Waals surface area contributed by atoms with E-state index in [-0.39, 0.29) is 5.91 Å². The first kappa shape index (κ1) is 19.8. The van der Waals surface area contributed by atoms with E-state index in [2.05, 4.69) is 16.3 Å². The number of aryl methyl sites for hydroxylation is 1. The number of hydrogen-bond donors (Lipinski definition) is 1. The lowest BCUT2D eigenvalue weighted by Crippen LogP contribution is -2.17. The van der Waals surface area contributed by atoms with Gasteiger partial charge in [0.05, 0.1) is 13.2 Å². The monoisotopic (exact) mass is 356 g/mol. The van der Waals surface area contributed by atoms with Crippen LogP contribution in [0.1, 0.15) is 35.3 Å². The summed E-state index contributed by atoms with van der Waals surface area (Å²) in [5, 5.41) is 3.02. The fraction of sp³-hybridized carbons (Fsp3) is 0.381. The van der Waals surface area contributed by atoms with Gasteiger partial charge in [0.15, 0.2) is 11.5 Å². The highest BCUT2D eigenvalue weighted by atomic mass is 16.5. The zero-order valence-corrected chi connectivity index (χ0v) is 16.3. The minimum absolute atomic E-state index is 0.169. The third-order valence-corrected chi connectivity index (χ3v) is 3.80. The maximum absolute atomic E-state index is 12.7. The molecule has 0 heterocycles. The summed E-state index contributed by atoms with van der Waals surface area (Å²) in [5.74, 6) is 1.06. The summed E-state index contributed by atoms with van der Waals surface area (Å²) in [6.45, 7) is 7.68. The van der Waals surface area contributed by atoms with Gasteiger partial charge in [0.25, 0.3) is 5.91 Å². The topological polar surface area (TPSA) is 50.8 Å². The Hall–Kier alpha value is -2.53. The van der Waals surface area contributed by atoms with Crippen LogP contribution in [-0.2, 0) is 6.54 Å². The predicted molar refractivity (Wildman–Crippen MR) is 105 cm³/mol. The molecule has 2 rings (SSSR count). The van der Waals surface area contributed by atoms with Gasteiger partial charge in [-0.05, 0) is 64.7 Å². The molecule has 0 aromatic heterocycles. The van der Waals surface area contributed by atoms with Crippen LogP contribution in [0.4, 0.5) is 5.69 Å². The fourth-order valence-electron chi connectivity index (χ4n) is 2.70. The van der Waals surface area contributed by atoms with Crippen molar-refractivity contribution in [2.45, 2.75) is 27.3 Å². The third kappa shape index (κ3) is 5.23. The molecule has 0 fully saturated rings. The Kier molecular flexibility index (Phi) is 7.04. The van der Waals surface area contributed by atoms with Gasteiger partial charge < -0.3 is 19.7 Å². The minimum atomic E-state index is -0.169. The molecule has 1 amide bonds. The quantitative estimate of drug-likeness (QED) is 0.773. The maximum Gasteiger partial charge on any atom is 0.255 e. The van der Waals surface area contributed by atoms with Crippen molar-refractivity contribution in [2.24, 2.45) is 0 Å². The van der Waals surface area contributed by atoms with Crippen molar-refractivity contribution in [1.82, 2.24) is 4.90 Å². The molecule has 5 nitrogen and oxygen atoms in total. The van der Waals surface area contributed by atoms with Crippen LogP contribution in [-0.4, -0.2) is 38.1 Å². The van der Waals surface area contributed by atoms with E-state index in [4.69, 9.17) is 9.47 Å². The van der Waals surface area contributed by atoms with Crippen LogP contribution >= 0.6 is 0 Å². The molecule has 26 heavy (non-hydrogen) atoms. The van der Waals surface area contributed by atoms with E-state index in [0.29, 0.717) is 30.3 Å². The van der Waals surface area contributed by atoms with E-state index in [1.165, 1.54) is 5.56 Å². The number of rotatable bonds is 8. The molecule has 0 atom stereocenters. The zero-order valence-electron chi connectivity index (χ0n) is 16.3. The van der Waals surface area contributed by atoms with Crippen LogP contribution in [0.3, 0.4) is 0 Å². The average molecular weight is 356 g/mol. The highest BCUT2D eigenvalue weighted by Gasteiger charge is 2.14. The van der Waals surface area contributed by atoms with Crippen molar-refractivity contribution in [1.29, 1.82) is 0 Å². The normalized spacial score (nSPS) is 10.7. The second-order valence-corrected chi connectivity index (χ2v) is 6.38. The van der Waals surface area contributed by atoms with Gasteiger partial charge in [0, 0.05) is 17.8 Å². The number of hydrogen-bond acceptors (Lipinski definition) is 4. The van der Waals surface area contributed by atoms with Crippen LogP contribution in [0.2, 0.25) is 0 Å². The van der Waals surface area contributed by atoms with E-state index < -0.39 is 0 Å². The van der Waals surface area contributed by atoms with Crippen LogP contribution in [0, 0.1) is 6.92 Å². The lowest BCUT2D eigenvalue weighted by molar-refractivity contribution is 0.102. The van der Waals surface area contributed by atoms with Gasteiger partial charge in [0.1, 0.15) is 0 Å². The first-order valence-corrected chi connectivity index (χ1v) is 8.89. The smallest absolute Gasteiger partial charge is 0.255 e. The fourth-order valence-corrected chi connectivity index (χ4v) is 2.70. The van der Waals surface area contributed by atoms with Gasteiger partial charge in [-0.3, -0.25) is 4.79 Å². The van der Waals surface area contributed by atoms with Crippen LogP contribution in [0.5, 0.6) is 11.5 Å². The molecule has 140 valence electrons. The molecule has 0 aliphatic carbocycles. The highest BCUT2D eigenvalue weighted by Crippen LogP contribution is 2.29. The largest absolute Gasteiger partial charge is 0.490 e. The standard InChI is InChI=1S/C21H28N2O3/c1-6-25-19-11-9-16(13-20(19)26-7-2)21(24)22-18-10-8-15(3)12-17(18)14-23(4)5/h8-13H,6-7,14H2,1-5H3,(H,22,24). The van der Waals surface area contributed by atoms with Gasteiger partial charge in [-0.15, -0.1) is 0 Å². The van der Waals surface area contributed by atoms with Gasteiger partial charge in [-0.1, -0.05) is 17.7 Å². The van der Waals surface area contributed by atoms with Crippen LogP contribution in [0.25, 0.3) is 0 Å². The molecule has 0 aliphatic heterocycles. The molecule has 0 spiro atoms. The lowest BCUT2D eigenvalue weighted by Gasteiger charge is -2.16. The summed E-state index contributed by atoms with van der Waals surface area (Å²) >= 11 is 0. The summed E-state index contributed by atoms with van der Waals surface area (Å²) in [7, 11) is 4.02. The minimum Gasteiger partial charge on any atom is -0.490 e. The number of carbonyl (C=O) groups is 1. The highest BCUT2D eigenvalue weighted by molar-refractivity contribution is 6.05. The number of ether oxygens (including phenoxy) is 2. The molecular weight excluding hydrogens is 328 g/mol. The number of nitrogens with zero attached hydrogens (tertiary/aromatic N) is 1. The second-order valence-electron chi connectivity index (χ2n) is 6.38. The van der Waals surface area contributed by atoms with E-state index in [1.54, 1.807) is 18.2 Å². The zero-order chi connectivity index (χ0) is 19.1. The Labute approximate surface area is 155 Å². The summed E-state index contributed by atoms with van der Waals surface area (Å²) in [6.07, 6.45) is 0. The van der Waals surface area contributed by atoms with Crippen LogP contribution < -0.4 is 14.8 Å². The van der Waals surface area contributed by atoms with Crippen molar-refractivity contribution in [3.8, 4) is 11.5 Å². The van der Waals surface area contributed by atoms with E-state index in [0.717, 1.165) is 17.8 Å². The van der Waals surface area contributed by atoms with Crippen LogP contribution in [0.15, 0.2) is 36.4 Å². The van der Waals surface area contributed by atoms with E-state index in [1.807, 2.05) is 47.0 Å². The first-order chi connectivity index (χ1) is 12.4. The first-order valence-electron chi connectivity index (χ1n) is 8.89. The van der Waals surface area contributed by atoms with Gasteiger partial charge >= 0.3 is 0 Å². The number of anilines is 1. The number of nitrogens with one attached hydrogen (secondary N) is 1. The van der Waals surface area contributed by atoms with Crippen molar-refractivity contribution in [3.05, 3.63) is 53.1 Å². The molecule has 0 saturated heterocycles. The molecule has 2 aromatic carbocycles. The molecule has 2 aromatic rings. The molecular formula is C21H28N2O3. The van der Waals surface area contributed by atoms with Crippen molar-refractivity contribution in [2.75, 3.05) is 32.6 Å². The number of benzene rings is 2. The molecule has 0 aliphatic rings. The lowest BCUT2D eigenvalue weighted by atomic mass is 10.1.